The van der Waals surface area contributed by atoms with Gasteiger partial charge < -0.3 is 11.1 Å². The van der Waals surface area contributed by atoms with Crippen LogP contribution in [0.2, 0.25) is 0 Å². The van der Waals surface area contributed by atoms with Crippen molar-refractivity contribution in [2.75, 3.05) is 6.54 Å². The molecule has 0 saturated carbocycles. The number of hydrogen-bond acceptors (Lipinski definition) is 3. The van der Waals surface area contributed by atoms with Crippen LogP contribution >= 0.6 is 11.3 Å². The Morgan fingerprint density at radius 1 is 1.22 bits per heavy atom. The second-order valence-corrected chi connectivity index (χ2v) is 5.46. The molecule has 2 atom stereocenters. The summed E-state index contributed by atoms with van der Waals surface area (Å²) in [6.45, 7) is 4.06. The third-order valence-electron chi connectivity index (χ3n) is 3.17. The maximum absolute atomic E-state index is 6.26. The van der Waals surface area contributed by atoms with Gasteiger partial charge in [0, 0.05) is 12.6 Å². The highest BCUT2D eigenvalue weighted by Gasteiger charge is 2.13. The van der Waals surface area contributed by atoms with Crippen molar-refractivity contribution in [2.45, 2.75) is 19.5 Å². The van der Waals surface area contributed by atoms with E-state index in [0.29, 0.717) is 5.92 Å². The summed E-state index contributed by atoms with van der Waals surface area (Å²) in [7, 11) is 0. The molecule has 0 saturated heterocycles. The van der Waals surface area contributed by atoms with Crippen LogP contribution in [0, 0.1) is 5.92 Å². The van der Waals surface area contributed by atoms with Crippen LogP contribution in [0.15, 0.2) is 47.2 Å². The first-order valence-electron chi connectivity index (χ1n) is 6.29. The summed E-state index contributed by atoms with van der Waals surface area (Å²) in [6.07, 6.45) is 0. The maximum Gasteiger partial charge on any atom is 0.0333 e. The molecule has 96 valence electrons. The van der Waals surface area contributed by atoms with Crippen molar-refractivity contribution in [1.29, 1.82) is 0 Å². The normalized spacial score (nSPS) is 14.3. The number of nitrogens with two attached hydrogens (primary N) is 1. The van der Waals surface area contributed by atoms with Gasteiger partial charge in [-0.3, -0.25) is 0 Å². The second-order valence-electron chi connectivity index (χ2n) is 4.68. The molecule has 1 aromatic heterocycles. The first kappa shape index (κ1) is 13.3. The van der Waals surface area contributed by atoms with Gasteiger partial charge in [0.2, 0.25) is 0 Å². The van der Waals surface area contributed by atoms with Crippen LogP contribution in [0.25, 0.3) is 0 Å². The average Bonchev–Trinajstić information content (AvgIpc) is 2.92. The largest absolute Gasteiger partial charge is 0.324 e. The van der Waals surface area contributed by atoms with Crippen molar-refractivity contribution >= 4 is 11.3 Å². The summed E-state index contributed by atoms with van der Waals surface area (Å²) >= 11 is 1.74. The Hall–Kier alpha value is -1.16. The molecule has 0 spiro atoms. The number of nitrogens with one attached hydrogen (secondary N) is 1. The zero-order valence-electron chi connectivity index (χ0n) is 10.7. The third-order valence-corrected chi connectivity index (χ3v) is 3.91. The summed E-state index contributed by atoms with van der Waals surface area (Å²) in [5, 5.41) is 7.75. The molecule has 1 heterocycles. The molecule has 0 aliphatic carbocycles. The van der Waals surface area contributed by atoms with Crippen molar-refractivity contribution in [3.8, 4) is 0 Å². The number of thiophene rings is 1. The Balaban J connectivity index is 1.79. The average molecular weight is 260 g/mol. The highest BCUT2D eigenvalue weighted by molar-refractivity contribution is 7.07. The molecular formula is C15H20N2S. The lowest BCUT2D eigenvalue weighted by atomic mass is 9.95. The van der Waals surface area contributed by atoms with E-state index < -0.39 is 0 Å². The van der Waals surface area contributed by atoms with Gasteiger partial charge in [-0.25, -0.2) is 0 Å². The summed E-state index contributed by atoms with van der Waals surface area (Å²) in [6, 6.07) is 12.6. The zero-order chi connectivity index (χ0) is 12.8. The van der Waals surface area contributed by atoms with Gasteiger partial charge in [-0.1, -0.05) is 37.3 Å². The smallest absolute Gasteiger partial charge is 0.0333 e. The van der Waals surface area contributed by atoms with Gasteiger partial charge in [0.25, 0.3) is 0 Å². The Labute approximate surface area is 113 Å². The molecule has 2 rings (SSSR count). The molecule has 18 heavy (non-hydrogen) atoms. The van der Waals surface area contributed by atoms with Gasteiger partial charge in [-0.05, 0) is 40.4 Å². The van der Waals surface area contributed by atoms with E-state index in [9.17, 15) is 0 Å². The van der Waals surface area contributed by atoms with Crippen molar-refractivity contribution in [1.82, 2.24) is 5.32 Å². The quantitative estimate of drug-likeness (QED) is 0.837. The molecule has 0 fully saturated rings. The van der Waals surface area contributed by atoms with Gasteiger partial charge in [0.1, 0.15) is 0 Å². The molecule has 3 N–H and O–H groups in total. The predicted molar refractivity (Wildman–Crippen MR) is 78.6 cm³/mol. The van der Waals surface area contributed by atoms with E-state index >= 15 is 0 Å². The van der Waals surface area contributed by atoms with Crippen LogP contribution < -0.4 is 11.1 Å². The monoisotopic (exact) mass is 260 g/mol. The van der Waals surface area contributed by atoms with E-state index in [1.807, 2.05) is 18.2 Å². The Bertz CT molecular complexity index is 439. The van der Waals surface area contributed by atoms with Crippen molar-refractivity contribution < 1.29 is 0 Å². The van der Waals surface area contributed by atoms with Gasteiger partial charge in [-0.2, -0.15) is 11.3 Å². The molecule has 2 unspecified atom stereocenters. The Morgan fingerprint density at radius 3 is 2.67 bits per heavy atom. The highest BCUT2D eigenvalue weighted by atomic mass is 32.1. The van der Waals surface area contributed by atoms with Gasteiger partial charge in [0.05, 0.1) is 0 Å². The molecule has 0 radical (unpaired) electrons. The first-order chi connectivity index (χ1) is 8.77. The van der Waals surface area contributed by atoms with E-state index in [1.165, 1.54) is 11.1 Å². The van der Waals surface area contributed by atoms with E-state index in [1.54, 1.807) is 11.3 Å². The predicted octanol–water partition coefficient (Wildman–Crippen LogP) is 3.17. The minimum absolute atomic E-state index is 0.0983. The Morgan fingerprint density at radius 2 is 2.00 bits per heavy atom. The first-order valence-corrected chi connectivity index (χ1v) is 7.24. The SMILES string of the molecule is CC(CNCc1ccsc1)C(N)c1ccccc1. The molecule has 0 aliphatic rings. The lowest BCUT2D eigenvalue weighted by Crippen LogP contribution is -2.29. The molecule has 2 aromatic rings. The van der Waals surface area contributed by atoms with Gasteiger partial charge >= 0.3 is 0 Å². The fourth-order valence-electron chi connectivity index (χ4n) is 1.97. The van der Waals surface area contributed by atoms with E-state index in [2.05, 4.69) is 41.2 Å². The summed E-state index contributed by atoms with van der Waals surface area (Å²) in [5.41, 5.74) is 8.82. The summed E-state index contributed by atoms with van der Waals surface area (Å²) < 4.78 is 0. The molecule has 0 bridgehead atoms. The summed E-state index contributed by atoms with van der Waals surface area (Å²) in [5.74, 6) is 0.422. The summed E-state index contributed by atoms with van der Waals surface area (Å²) in [4.78, 5) is 0. The fourth-order valence-corrected chi connectivity index (χ4v) is 2.64. The minimum atomic E-state index is 0.0983. The topological polar surface area (TPSA) is 38.0 Å². The van der Waals surface area contributed by atoms with Crippen molar-refractivity contribution in [3.63, 3.8) is 0 Å². The maximum atomic E-state index is 6.26. The minimum Gasteiger partial charge on any atom is -0.324 e. The van der Waals surface area contributed by atoms with Gasteiger partial charge in [-0.15, -0.1) is 0 Å². The second kappa shape index (κ2) is 6.69. The fraction of sp³-hybridized carbons (Fsp3) is 0.333. The van der Waals surface area contributed by atoms with Crippen LogP contribution in [0.4, 0.5) is 0 Å². The molecule has 0 amide bonds. The standard InChI is InChI=1S/C15H20N2S/c1-12(9-17-10-13-7-8-18-11-13)15(16)14-5-3-2-4-6-14/h2-8,11-12,15,17H,9-10,16H2,1H3. The number of benzene rings is 1. The highest BCUT2D eigenvalue weighted by Crippen LogP contribution is 2.18. The molecule has 1 aromatic carbocycles. The van der Waals surface area contributed by atoms with Crippen LogP contribution in [-0.2, 0) is 6.54 Å². The molecule has 3 heteroatoms. The van der Waals surface area contributed by atoms with Crippen LogP contribution in [-0.4, -0.2) is 6.54 Å². The van der Waals surface area contributed by atoms with E-state index in [0.717, 1.165) is 13.1 Å². The van der Waals surface area contributed by atoms with Gasteiger partial charge in [0.15, 0.2) is 0 Å². The van der Waals surface area contributed by atoms with Crippen molar-refractivity contribution in [2.24, 2.45) is 11.7 Å². The zero-order valence-corrected chi connectivity index (χ0v) is 11.5. The Kier molecular flexibility index (Phi) is 4.93. The number of hydrogen-bond donors (Lipinski definition) is 2. The molecule has 0 aliphatic heterocycles. The van der Waals surface area contributed by atoms with E-state index in [4.69, 9.17) is 5.73 Å². The van der Waals surface area contributed by atoms with Crippen LogP contribution in [0.1, 0.15) is 24.1 Å². The lowest BCUT2D eigenvalue weighted by molar-refractivity contribution is 0.434. The molecule has 2 nitrogen and oxygen atoms in total. The lowest BCUT2D eigenvalue weighted by Gasteiger charge is -2.20. The number of rotatable bonds is 6. The van der Waals surface area contributed by atoms with Crippen LogP contribution in [0.5, 0.6) is 0 Å². The molecular weight excluding hydrogens is 240 g/mol. The third kappa shape index (κ3) is 3.67. The van der Waals surface area contributed by atoms with Crippen molar-refractivity contribution in [3.05, 3.63) is 58.3 Å². The van der Waals surface area contributed by atoms with E-state index in [-0.39, 0.29) is 6.04 Å². The van der Waals surface area contributed by atoms with Crippen LogP contribution in [0.3, 0.4) is 0 Å².